The van der Waals surface area contributed by atoms with Crippen molar-refractivity contribution >= 4 is 29.3 Å². The van der Waals surface area contributed by atoms with Crippen LogP contribution in [0.25, 0.3) is 0 Å². The van der Waals surface area contributed by atoms with Crippen LogP contribution in [-0.2, 0) is 16.0 Å². The average Bonchev–Trinajstić information content (AvgIpc) is 2.93. The first kappa shape index (κ1) is 17.8. The number of primary amides is 1. The Bertz CT molecular complexity index is 932. The molecule has 0 saturated carbocycles. The number of carbonyl (C=O) groups excluding carboxylic acids is 2. The van der Waals surface area contributed by atoms with Gasteiger partial charge in [0.05, 0.1) is 10.9 Å². The molecular formula is C20H17N3O2S. The van der Waals surface area contributed by atoms with E-state index in [1.54, 1.807) is 6.07 Å². The highest BCUT2D eigenvalue weighted by Gasteiger charge is 2.40. The number of rotatable bonds is 4. The summed E-state index contributed by atoms with van der Waals surface area (Å²) in [7, 11) is 0. The van der Waals surface area contributed by atoms with Crippen LogP contribution in [0.3, 0.4) is 0 Å². The van der Waals surface area contributed by atoms with Gasteiger partial charge in [0.25, 0.3) is 5.91 Å². The molecule has 26 heavy (non-hydrogen) atoms. The molecule has 0 aromatic heterocycles. The number of benzene rings is 2. The van der Waals surface area contributed by atoms with E-state index in [9.17, 15) is 14.9 Å². The van der Waals surface area contributed by atoms with Crippen LogP contribution in [0.2, 0.25) is 0 Å². The van der Waals surface area contributed by atoms with Gasteiger partial charge in [0, 0.05) is 0 Å². The number of nitriles is 1. The summed E-state index contributed by atoms with van der Waals surface area (Å²) in [6, 6.07) is 18.9. The molecule has 130 valence electrons. The molecule has 1 atom stereocenters. The number of amides is 2. The zero-order valence-corrected chi connectivity index (χ0v) is 15.0. The summed E-state index contributed by atoms with van der Waals surface area (Å²) in [6.07, 6.45) is 0.508. The lowest BCUT2D eigenvalue weighted by Crippen LogP contribution is -2.31. The summed E-state index contributed by atoms with van der Waals surface area (Å²) in [5.41, 5.74) is 7.73. The Morgan fingerprint density at radius 2 is 1.85 bits per heavy atom. The maximum atomic E-state index is 13.1. The molecule has 0 radical (unpaired) electrons. The van der Waals surface area contributed by atoms with E-state index in [-0.39, 0.29) is 11.5 Å². The first-order valence-corrected chi connectivity index (χ1v) is 8.95. The number of carbonyl (C=O) groups is 2. The second-order valence-electron chi connectivity index (χ2n) is 5.91. The molecule has 2 aromatic rings. The highest BCUT2D eigenvalue weighted by Crippen LogP contribution is 2.42. The van der Waals surface area contributed by atoms with Gasteiger partial charge in [-0.15, -0.1) is 0 Å². The average molecular weight is 363 g/mol. The highest BCUT2D eigenvalue weighted by atomic mass is 32.2. The molecule has 2 aromatic carbocycles. The minimum absolute atomic E-state index is 0.155. The number of thioether (sulfide) groups is 1. The molecule has 0 bridgehead atoms. The summed E-state index contributed by atoms with van der Waals surface area (Å²) >= 11 is 1.22. The first-order chi connectivity index (χ1) is 12.5. The van der Waals surface area contributed by atoms with E-state index >= 15 is 0 Å². The van der Waals surface area contributed by atoms with Gasteiger partial charge in [0.2, 0.25) is 5.91 Å². The van der Waals surface area contributed by atoms with Gasteiger partial charge >= 0.3 is 0 Å². The Morgan fingerprint density at radius 1 is 1.19 bits per heavy atom. The summed E-state index contributed by atoms with van der Waals surface area (Å²) in [6.45, 7) is 1.88. The van der Waals surface area contributed by atoms with E-state index in [2.05, 4.69) is 0 Å². The first-order valence-electron chi connectivity index (χ1n) is 8.07. The molecule has 3 rings (SSSR count). The molecule has 5 nitrogen and oxygen atoms in total. The van der Waals surface area contributed by atoms with Crippen molar-refractivity contribution in [2.24, 2.45) is 5.73 Å². The lowest BCUT2D eigenvalue weighted by atomic mass is 10.1. The molecule has 1 aliphatic heterocycles. The highest BCUT2D eigenvalue weighted by molar-refractivity contribution is 8.05. The maximum absolute atomic E-state index is 13.1. The van der Waals surface area contributed by atoms with Gasteiger partial charge in [-0.1, -0.05) is 60.3 Å². The van der Waals surface area contributed by atoms with Crippen LogP contribution in [0.1, 0.15) is 11.1 Å². The normalized spacial score (nSPS) is 18.5. The van der Waals surface area contributed by atoms with Gasteiger partial charge < -0.3 is 5.73 Å². The summed E-state index contributed by atoms with van der Waals surface area (Å²) in [4.78, 5) is 26.3. The van der Waals surface area contributed by atoms with Crippen LogP contribution in [0.5, 0.6) is 0 Å². The minimum Gasteiger partial charge on any atom is -0.365 e. The van der Waals surface area contributed by atoms with Crippen molar-refractivity contribution in [3.05, 3.63) is 76.3 Å². The number of hydrogen-bond acceptors (Lipinski definition) is 4. The molecule has 0 spiro atoms. The fourth-order valence-electron chi connectivity index (χ4n) is 2.86. The second kappa shape index (κ2) is 7.46. The van der Waals surface area contributed by atoms with Crippen molar-refractivity contribution in [1.82, 2.24) is 0 Å². The Hall–Kier alpha value is -3.04. The van der Waals surface area contributed by atoms with Gasteiger partial charge in [0.1, 0.15) is 16.7 Å². The molecule has 1 fully saturated rings. The molecular weight excluding hydrogens is 346 g/mol. The Morgan fingerprint density at radius 3 is 2.46 bits per heavy atom. The second-order valence-corrected chi connectivity index (χ2v) is 7.10. The van der Waals surface area contributed by atoms with Crippen molar-refractivity contribution in [2.45, 2.75) is 18.6 Å². The molecule has 0 aliphatic carbocycles. The van der Waals surface area contributed by atoms with Crippen LogP contribution < -0.4 is 10.6 Å². The summed E-state index contributed by atoms with van der Waals surface area (Å²) < 4.78 is 0. The fourth-order valence-corrected chi connectivity index (χ4v) is 4.17. The molecule has 1 heterocycles. The fraction of sp³-hybridized carbons (Fsp3) is 0.150. The van der Waals surface area contributed by atoms with Crippen LogP contribution in [-0.4, -0.2) is 17.1 Å². The monoisotopic (exact) mass is 363 g/mol. The quantitative estimate of drug-likeness (QED) is 0.668. The number of aryl methyl sites for hydroxylation is 1. The lowest BCUT2D eigenvalue weighted by Gasteiger charge is -2.20. The SMILES string of the molecule is Cc1ccccc1N1C(=O)C(Cc2ccccc2)S/C1=C(/C#N)C(N)=O. The van der Waals surface area contributed by atoms with Gasteiger partial charge in [0.15, 0.2) is 0 Å². The van der Waals surface area contributed by atoms with E-state index in [0.29, 0.717) is 17.1 Å². The lowest BCUT2D eigenvalue weighted by molar-refractivity contribution is -0.117. The van der Waals surface area contributed by atoms with E-state index in [4.69, 9.17) is 5.73 Å². The molecule has 6 heteroatoms. The number of hydrogen-bond donors (Lipinski definition) is 1. The third-order valence-corrected chi connectivity index (χ3v) is 5.41. The number of para-hydroxylation sites is 1. The molecule has 1 aliphatic rings. The minimum atomic E-state index is -0.832. The molecule has 1 saturated heterocycles. The molecule has 2 N–H and O–H groups in total. The van der Waals surface area contributed by atoms with Gasteiger partial charge in [-0.2, -0.15) is 5.26 Å². The van der Waals surface area contributed by atoms with Crippen molar-refractivity contribution in [1.29, 1.82) is 5.26 Å². The predicted molar refractivity (Wildman–Crippen MR) is 102 cm³/mol. The van der Waals surface area contributed by atoms with Gasteiger partial charge in [-0.05, 0) is 30.5 Å². The van der Waals surface area contributed by atoms with Crippen LogP contribution in [0.4, 0.5) is 5.69 Å². The third-order valence-electron chi connectivity index (χ3n) is 4.15. The Labute approximate surface area is 156 Å². The van der Waals surface area contributed by atoms with Crippen molar-refractivity contribution in [2.75, 3.05) is 4.90 Å². The van der Waals surface area contributed by atoms with Crippen LogP contribution in [0, 0.1) is 18.3 Å². The number of nitrogens with two attached hydrogens (primary N) is 1. The zero-order chi connectivity index (χ0) is 18.7. The Kier molecular flexibility index (Phi) is 5.10. The standard InChI is InChI=1S/C20H17N3O2S/c1-13-7-5-6-10-16(13)23-19(25)17(11-14-8-3-2-4-9-14)26-20(23)15(12-21)18(22)24/h2-10,17H,11H2,1H3,(H2,22,24)/b20-15-. The maximum Gasteiger partial charge on any atom is 0.262 e. The van der Waals surface area contributed by atoms with E-state index in [0.717, 1.165) is 11.1 Å². The van der Waals surface area contributed by atoms with Crippen LogP contribution in [0.15, 0.2) is 65.2 Å². The molecule has 2 amide bonds. The third kappa shape index (κ3) is 3.35. The topological polar surface area (TPSA) is 87.2 Å². The van der Waals surface area contributed by atoms with Crippen molar-refractivity contribution in [3.8, 4) is 6.07 Å². The zero-order valence-electron chi connectivity index (χ0n) is 14.2. The summed E-state index contributed by atoms with van der Waals surface area (Å²) in [5, 5.41) is 9.28. The largest absolute Gasteiger partial charge is 0.365 e. The van der Waals surface area contributed by atoms with E-state index < -0.39 is 11.2 Å². The number of anilines is 1. The smallest absolute Gasteiger partial charge is 0.262 e. The van der Waals surface area contributed by atoms with Crippen molar-refractivity contribution in [3.63, 3.8) is 0 Å². The summed E-state index contributed by atoms with van der Waals surface area (Å²) in [5.74, 6) is -0.987. The number of nitrogens with zero attached hydrogens (tertiary/aromatic N) is 2. The van der Waals surface area contributed by atoms with Crippen molar-refractivity contribution < 1.29 is 9.59 Å². The predicted octanol–water partition coefficient (Wildman–Crippen LogP) is 2.91. The van der Waals surface area contributed by atoms with Gasteiger partial charge in [-0.25, -0.2) is 0 Å². The van der Waals surface area contributed by atoms with E-state index in [1.807, 2.05) is 61.5 Å². The molecule has 1 unspecified atom stereocenters. The van der Waals surface area contributed by atoms with Gasteiger partial charge in [-0.3, -0.25) is 14.5 Å². The van der Waals surface area contributed by atoms with E-state index in [1.165, 1.54) is 16.7 Å². The Balaban J connectivity index is 2.07. The van der Waals surface area contributed by atoms with Crippen LogP contribution >= 0.6 is 11.8 Å².